The number of rotatable bonds is 13. The molecule has 1 amide bonds. The topological polar surface area (TPSA) is 89.8 Å². The van der Waals surface area contributed by atoms with Gasteiger partial charge in [0.1, 0.15) is 0 Å². The molecule has 0 heterocycles. The van der Waals surface area contributed by atoms with Crippen LogP contribution in [0.3, 0.4) is 0 Å². The molecule has 4 fully saturated rings. The van der Waals surface area contributed by atoms with Crippen LogP contribution in [0.1, 0.15) is 118 Å². The Balaban J connectivity index is 0.00000484. The lowest BCUT2D eigenvalue weighted by Gasteiger charge is -2.63. The first kappa shape index (κ1) is 36.5. The number of carbonyl (C=O) groups excluding carboxylic acids is 1. The van der Waals surface area contributed by atoms with Gasteiger partial charge in [-0.05, 0) is 111 Å². The van der Waals surface area contributed by atoms with Gasteiger partial charge in [0.25, 0.3) is 0 Å². The van der Waals surface area contributed by atoms with Crippen molar-refractivity contribution in [2.75, 3.05) is 33.7 Å². The average molecular weight is 705 g/mol. The highest BCUT2D eigenvalue weighted by Crippen LogP contribution is 2.68. The Morgan fingerprint density at radius 1 is 0.952 bits per heavy atom. The highest BCUT2D eigenvalue weighted by Gasteiger charge is 2.65. The molecule has 4 aliphatic carbocycles. The normalized spacial score (nSPS) is 40.3. The number of aliphatic hydroxyl groups excluding tert-OH is 3. The highest BCUT2D eigenvalue weighted by molar-refractivity contribution is 5.75. The van der Waals surface area contributed by atoms with Crippen LogP contribution in [0.15, 0.2) is 0 Å². The predicted molar refractivity (Wildman–Crippen MR) is 166 cm³/mol. The minimum atomic E-state index is -0.365. The summed E-state index contributed by atoms with van der Waals surface area (Å²) in [6.45, 7) is 12.3. The number of hydrogen-bond acceptors (Lipinski definition) is 4. The second-order valence-corrected chi connectivity index (χ2v) is 16.2. The minimum absolute atomic E-state index is 0. The molecule has 4 rings (SSSR count). The van der Waals surface area contributed by atoms with Gasteiger partial charge in [0, 0.05) is 19.4 Å². The molecule has 4 saturated carbocycles. The Morgan fingerprint density at radius 3 is 2.38 bits per heavy atom. The Morgan fingerprint density at radius 2 is 1.67 bits per heavy atom. The Kier molecular flexibility index (Phi) is 13.1. The molecule has 0 aromatic rings. The van der Waals surface area contributed by atoms with Crippen molar-refractivity contribution in [3.8, 4) is 0 Å². The summed E-state index contributed by atoms with van der Waals surface area (Å²) in [5, 5.41) is 36.8. The van der Waals surface area contributed by atoms with E-state index in [9.17, 15) is 20.1 Å². The largest absolute Gasteiger partial charge is 1.00 e. The third-order valence-corrected chi connectivity index (χ3v) is 13.2. The zero-order chi connectivity index (χ0) is 30.0. The number of nitrogens with one attached hydrogen (secondary N) is 1. The van der Waals surface area contributed by atoms with E-state index in [4.69, 9.17) is 0 Å². The van der Waals surface area contributed by atoms with E-state index in [-0.39, 0.29) is 64.9 Å². The molecule has 4 unspecified atom stereocenters. The molecule has 42 heavy (non-hydrogen) atoms. The number of fused-ring (bicyclic) bond motifs is 5. The first-order valence-corrected chi connectivity index (χ1v) is 17.5. The first-order chi connectivity index (χ1) is 19.3. The SMILES string of the molecule is CCCCCC[N+](C)(C)CCCNC(=O)CC[C@@H](C)[C@H]1CCC2C3C(C[C@H](O)[C@@]21C)[C@@]1(C)CC[C@@H](O)CC1C[C@H]3O.[I-]. The Labute approximate surface area is 274 Å². The Hall–Kier alpha value is 0.0400. The van der Waals surface area contributed by atoms with Gasteiger partial charge in [0.05, 0.1) is 45.5 Å². The fourth-order valence-corrected chi connectivity index (χ4v) is 10.6. The fourth-order valence-electron chi connectivity index (χ4n) is 10.6. The van der Waals surface area contributed by atoms with E-state index in [0.29, 0.717) is 36.0 Å². The molecule has 11 atom stereocenters. The van der Waals surface area contributed by atoms with E-state index in [1.165, 1.54) is 32.2 Å². The van der Waals surface area contributed by atoms with Crippen molar-refractivity contribution in [3.63, 3.8) is 0 Å². The van der Waals surface area contributed by atoms with Gasteiger partial charge in [-0.25, -0.2) is 0 Å². The number of unbranched alkanes of at least 4 members (excludes halogenated alkanes) is 3. The third kappa shape index (κ3) is 7.70. The van der Waals surface area contributed by atoms with Gasteiger partial charge in [0.15, 0.2) is 0 Å². The van der Waals surface area contributed by atoms with Crippen LogP contribution in [-0.4, -0.2) is 77.8 Å². The fraction of sp³-hybridized carbons (Fsp3) is 0.971. The van der Waals surface area contributed by atoms with Crippen LogP contribution >= 0.6 is 0 Å². The summed E-state index contributed by atoms with van der Waals surface area (Å²) < 4.78 is 1.03. The van der Waals surface area contributed by atoms with Crippen LogP contribution in [0, 0.1) is 46.3 Å². The molecule has 0 spiro atoms. The van der Waals surface area contributed by atoms with Crippen LogP contribution < -0.4 is 29.3 Å². The second kappa shape index (κ2) is 15.1. The number of aliphatic hydroxyl groups is 3. The van der Waals surface area contributed by atoms with Crippen molar-refractivity contribution in [2.24, 2.45) is 46.3 Å². The van der Waals surface area contributed by atoms with Crippen LogP contribution in [0.2, 0.25) is 0 Å². The van der Waals surface area contributed by atoms with Crippen molar-refractivity contribution < 1.29 is 48.6 Å². The van der Waals surface area contributed by atoms with Crippen molar-refractivity contribution >= 4 is 5.91 Å². The van der Waals surface area contributed by atoms with Crippen molar-refractivity contribution in [3.05, 3.63) is 0 Å². The van der Waals surface area contributed by atoms with E-state index in [2.05, 4.69) is 47.1 Å². The molecule has 0 aromatic carbocycles. The van der Waals surface area contributed by atoms with Gasteiger partial charge < -0.3 is 49.1 Å². The maximum atomic E-state index is 12.8. The van der Waals surface area contributed by atoms with Crippen LogP contribution in [0.5, 0.6) is 0 Å². The van der Waals surface area contributed by atoms with Crippen LogP contribution in [-0.2, 0) is 4.79 Å². The van der Waals surface area contributed by atoms with Crippen molar-refractivity contribution in [1.29, 1.82) is 0 Å². The van der Waals surface area contributed by atoms with Gasteiger partial charge in [-0.2, -0.15) is 0 Å². The minimum Gasteiger partial charge on any atom is -1.00 e. The second-order valence-electron chi connectivity index (χ2n) is 16.2. The van der Waals surface area contributed by atoms with Crippen molar-refractivity contribution in [2.45, 2.75) is 136 Å². The maximum Gasteiger partial charge on any atom is 0.220 e. The smallest absolute Gasteiger partial charge is 0.220 e. The molecular weight excluding hydrogens is 639 g/mol. The third-order valence-electron chi connectivity index (χ3n) is 13.2. The van der Waals surface area contributed by atoms with E-state index in [1.54, 1.807) is 0 Å². The zero-order valence-electron chi connectivity index (χ0n) is 27.8. The molecule has 0 aliphatic heterocycles. The van der Waals surface area contributed by atoms with E-state index < -0.39 is 0 Å². The van der Waals surface area contributed by atoms with Gasteiger partial charge in [-0.3, -0.25) is 4.79 Å². The molecule has 6 nitrogen and oxygen atoms in total. The first-order valence-electron chi connectivity index (χ1n) is 17.5. The number of quaternary nitrogens is 1. The van der Waals surface area contributed by atoms with Gasteiger partial charge in [-0.1, -0.05) is 40.5 Å². The molecule has 0 aromatic heterocycles. The lowest BCUT2D eigenvalue weighted by atomic mass is 9.43. The van der Waals surface area contributed by atoms with Crippen LogP contribution in [0.4, 0.5) is 0 Å². The quantitative estimate of drug-likeness (QED) is 0.135. The van der Waals surface area contributed by atoms with Gasteiger partial charge in [-0.15, -0.1) is 0 Å². The standard InChI is InChI=1S/C35H64N2O4.HI/c1-7-8-9-10-19-37(5,6)20-11-18-36-32(41)15-12-24(2)27-13-14-28-33-29(23-31(40)35(27,28)4)34(3)17-16-26(38)21-25(34)22-30(33)39;/h24-31,33,38-40H,7-23H2,1-6H3;1H/t24-,25?,26-,27-,28?,29?,30-,31+,33?,34+,35-;/m1./s1. The summed E-state index contributed by atoms with van der Waals surface area (Å²) in [7, 11) is 4.61. The Bertz CT molecular complexity index is 872. The average Bonchev–Trinajstić information content (AvgIpc) is 3.28. The van der Waals surface area contributed by atoms with E-state index in [0.717, 1.165) is 75.4 Å². The number of carbonyl (C=O) groups is 1. The molecule has 0 saturated heterocycles. The number of halogens is 1. The number of amides is 1. The van der Waals surface area contributed by atoms with Gasteiger partial charge in [0.2, 0.25) is 5.91 Å². The molecular formula is C35H65IN2O4. The van der Waals surface area contributed by atoms with Gasteiger partial charge >= 0.3 is 0 Å². The summed E-state index contributed by atoms with van der Waals surface area (Å²) in [5.74, 6) is 2.18. The monoisotopic (exact) mass is 704 g/mol. The number of hydrogen-bond donors (Lipinski definition) is 4. The molecule has 0 bridgehead atoms. The number of nitrogens with zero attached hydrogens (tertiary/aromatic N) is 1. The molecule has 4 N–H and O–H groups in total. The summed E-state index contributed by atoms with van der Waals surface area (Å²) in [6.07, 6.45) is 13.1. The molecule has 7 heteroatoms. The summed E-state index contributed by atoms with van der Waals surface area (Å²) >= 11 is 0. The predicted octanol–water partition coefficient (Wildman–Crippen LogP) is 2.53. The van der Waals surface area contributed by atoms with E-state index >= 15 is 0 Å². The van der Waals surface area contributed by atoms with Crippen molar-refractivity contribution in [1.82, 2.24) is 5.32 Å². The highest BCUT2D eigenvalue weighted by atomic mass is 127. The molecule has 246 valence electrons. The van der Waals surface area contributed by atoms with Crippen LogP contribution in [0.25, 0.3) is 0 Å². The zero-order valence-corrected chi connectivity index (χ0v) is 29.9. The maximum absolute atomic E-state index is 12.8. The lowest BCUT2D eigenvalue weighted by Crippen LogP contribution is -3.00. The molecule has 4 aliphatic rings. The molecule has 0 radical (unpaired) electrons. The van der Waals surface area contributed by atoms with E-state index in [1.807, 2.05) is 0 Å². The lowest BCUT2D eigenvalue weighted by molar-refractivity contribution is -0.890. The summed E-state index contributed by atoms with van der Waals surface area (Å²) in [5.41, 5.74) is -0.0909. The summed E-state index contributed by atoms with van der Waals surface area (Å²) in [4.78, 5) is 12.8. The summed E-state index contributed by atoms with van der Waals surface area (Å²) in [6, 6.07) is 0.